The molecule has 1 amide bonds. The minimum absolute atomic E-state index is 0.0506. The van der Waals surface area contributed by atoms with E-state index in [2.05, 4.69) is 4.98 Å². The molecule has 3 aliphatic carbocycles. The average molecular weight is 462 g/mol. The first kappa shape index (κ1) is 21.8. The van der Waals surface area contributed by atoms with Crippen LogP contribution in [-0.4, -0.2) is 48.5 Å². The van der Waals surface area contributed by atoms with Gasteiger partial charge in [-0.25, -0.2) is 0 Å². The summed E-state index contributed by atoms with van der Waals surface area (Å²) in [5, 5.41) is 43.6. The predicted octanol–water partition coefficient (Wildman–Crippen LogP) is 1.79. The molecular weight excluding hydrogens is 440 g/mol. The van der Waals surface area contributed by atoms with Crippen molar-refractivity contribution in [2.45, 2.75) is 31.8 Å². The van der Waals surface area contributed by atoms with Crippen LogP contribution in [0.1, 0.15) is 29.5 Å². The lowest BCUT2D eigenvalue weighted by molar-refractivity contribution is -0.147. The van der Waals surface area contributed by atoms with Gasteiger partial charge >= 0.3 is 0 Å². The molecule has 174 valence electrons. The summed E-state index contributed by atoms with van der Waals surface area (Å²) in [6.45, 7) is 1.88. The van der Waals surface area contributed by atoms with Crippen LogP contribution in [0.25, 0.3) is 17.0 Å². The van der Waals surface area contributed by atoms with Crippen LogP contribution < -0.4 is 5.73 Å². The number of benzene rings is 1. The summed E-state index contributed by atoms with van der Waals surface area (Å²) < 4.78 is 0. The Hall–Kier alpha value is -3.98. The van der Waals surface area contributed by atoms with Crippen LogP contribution in [0, 0.1) is 18.8 Å². The third kappa shape index (κ3) is 2.76. The fourth-order valence-electron chi connectivity index (χ4n) is 5.61. The van der Waals surface area contributed by atoms with E-state index < -0.39 is 52.0 Å². The average Bonchev–Trinajstić information content (AvgIpc) is 2.77. The van der Waals surface area contributed by atoms with E-state index in [0.717, 1.165) is 5.56 Å². The van der Waals surface area contributed by atoms with Crippen molar-refractivity contribution in [3.05, 3.63) is 64.1 Å². The molecule has 1 aromatic carbocycles. The van der Waals surface area contributed by atoms with E-state index in [0.29, 0.717) is 16.8 Å². The maximum absolute atomic E-state index is 13.5. The first-order valence-electron chi connectivity index (χ1n) is 10.8. The minimum Gasteiger partial charge on any atom is -0.508 e. The third-order valence-corrected chi connectivity index (χ3v) is 7.21. The number of nitrogens with two attached hydrogens (primary N) is 1. The highest BCUT2D eigenvalue weighted by Gasteiger charge is 2.60. The lowest BCUT2D eigenvalue weighted by Gasteiger charge is -2.46. The molecule has 1 fully saturated rings. The number of amides is 1. The Kier molecular flexibility index (Phi) is 4.66. The number of carbonyl (C=O) groups is 3. The molecule has 1 heterocycles. The van der Waals surface area contributed by atoms with Gasteiger partial charge in [0.2, 0.25) is 5.78 Å². The summed E-state index contributed by atoms with van der Waals surface area (Å²) in [4.78, 5) is 42.1. The van der Waals surface area contributed by atoms with Crippen molar-refractivity contribution in [2.24, 2.45) is 17.6 Å². The maximum atomic E-state index is 13.5. The van der Waals surface area contributed by atoms with E-state index in [1.807, 2.05) is 13.0 Å². The summed E-state index contributed by atoms with van der Waals surface area (Å²) in [7, 11) is 0. The zero-order valence-electron chi connectivity index (χ0n) is 18.2. The number of fused-ring (bicyclic) bond motifs is 3. The Morgan fingerprint density at radius 3 is 2.56 bits per heavy atom. The number of Topliss-reactive ketones (excluding diaryl/α,β-unsaturated/α-hetero) is 2. The number of hydrogen-bond acceptors (Lipinski definition) is 8. The Morgan fingerprint density at radius 2 is 1.88 bits per heavy atom. The summed E-state index contributed by atoms with van der Waals surface area (Å²) in [5.74, 6) is -6.46. The van der Waals surface area contributed by atoms with Gasteiger partial charge in [-0.15, -0.1) is 0 Å². The molecular formula is C25H22N2O7. The lowest BCUT2D eigenvalue weighted by atomic mass is 9.59. The zero-order valence-corrected chi connectivity index (χ0v) is 18.2. The Morgan fingerprint density at radius 1 is 1.15 bits per heavy atom. The number of aromatic hydroxyl groups is 1. The molecule has 3 unspecified atom stereocenters. The molecule has 0 saturated heterocycles. The summed E-state index contributed by atoms with van der Waals surface area (Å²) >= 11 is 0. The van der Waals surface area contributed by atoms with E-state index >= 15 is 0 Å². The molecule has 0 spiro atoms. The number of ketones is 2. The maximum Gasteiger partial charge on any atom is 0.255 e. The monoisotopic (exact) mass is 462 g/mol. The van der Waals surface area contributed by atoms with Gasteiger partial charge in [0.05, 0.1) is 11.3 Å². The normalized spacial score (nSPS) is 26.2. The summed E-state index contributed by atoms with van der Waals surface area (Å²) in [5.41, 5.74) is 4.52. The van der Waals surface area contributed by atoms with E-state index in [1.165, 1.54) is 6.07 Å². The second-order valence-corrected chi connectivity index (χ2v) is 9.06. The molecule has 0 aliphatic heterocycles. The van der Waals surface area contributed by atoms with Gasteiger partial charge in [0, 0.05) is 29.7 Å². The predicted molar refractivity (Wildman–Crippen MR) is 119 cm³/mol. The number of pyridine rings is 1. The first-order chi connectivity index (χ1) is 16.1. The zero-order chi connectivity index (χ0) is 24.5. The molecule has 9 heteroatoms. The number of nitrogens with zero attached hydrogens (tertiary/aromatic N) is 1. The molecule has 0 bridgehead atoms. The first-order valence-corrected chi connectivity index (χ1v) is 10.8. The van der Waals surface area contributed by atoms with Gasteiger partial charge in [0.15, 0.2) is 11.4 Å². The van der Waals surface area contributed by atoms with E-state index in [9.17, 15) is 34.8 Å². The second kappa shape index (κ2) is 7.26. The molecule has 6 N–H and O–H groups in total. The van der Waals surface area contributed by atoms with Crippen molar-refractivity contribution in [3.8, 4) is 17.0 Å². The number of rotatable bonds is 2. The molecule has 34 heavy (non-hydrogen) atoms. The highest BCUT2D eigenvalue weighted by molar-refractivity contribution is 6.22. The molecule has 9 nitrogen and oxygen atoms in total. The quantitative estimate of drug-likeness (QED) is 0.420. The highest BCUT2D eigenvalue weighted by Crippen LogP contribution is 2.53. The van der Waals surface area contributed by atoms with Crippen molar-refractivity contribution < 1.29 is 34.8 Å². The second-order valence-electron chi connectivity index (χ2n) is 9.06. The number of aryl methyl sites for hydroxylation is 1. The number of carbonyl (C=O) groups excluding carboxylic acids is 3. The van der Waals surface area contributed by atoms with Crippen LogP contribution in [-0.2, 0) is 20.8 Å². The molecule has 2 aromatic rings. The fourth-order valence-corrected chi connectivity index (χ4v) is 5.61. The molecule has 0 radical (unpaired) electrons. The lowest BCUT2D eigenvalue weighted by Crippen LogP contribution is -2.58. The van der Waals surface area contributed by atoms with Crippen LogP contribution in [0.2, 0.25) is 0 Å². The summed E-state index contributed by atoms with van der Waals surface area (Å²) in [6.07, 6.45) is 1.59. The number of hydrogen-bond donors (Lipinski definition) is 5. The molecule has 1 saturated carbocycles. The Balaban J connectivity index is 1.73. The van der Waals surface area contributed by atoms with Gasteiger partial charge in [-0.05, 0) is 55.0 Å². The van der Waals surface area contributed by atoms with Crippen molar-refractivity contribution in [2.75, 3.05) is 0 Å². The molecule has 5 rings (SSSR count). The smallest absolute Gasteiger partial charge is 0.255 e. The van der Waals surface area contributed by atoms with E-state index in [1.54, 1.807) is 18.3 Å². The van der Waals surface area contributed by atoms with Crippen LogP contribution in [0.5, 0.6) is 5.75 Å². The van der Waals surface area contributed by atoms with Gasteiger partial charge in [0.25, 0.3) is 5.91 Å². The van der Waals surface area contributed by atoms with E-state index in [4.69, 9.17) is 5.73 Å². The van der Waals surface area contributed by atoms with Crippen molar-refractivity contribution in [1.29, 1.82) is 0 Å². The number of aromatic nitrogens is 1. The van der Waals surface area contributed by atoms with Gasteiger partial charge < -0.3 is 26.2 Å². The van der Waals surface area contributed by atoms with Crippen LogP contribution >= 0.6 is 0 Å². The minimum atomic E-state index is -2.57. The standard InChI is InChI=1S/C25H22N2O7/c1-10-3-2-6-27-20(10)13-4-5-15(28)18-14(13)8-11-7-12-9-16(29)19(24(26)33)23(32)25(12,34)22(31)17(11)21(18)30/h2-6,11-12,28,30,32,34H,7-9H2,1H3,(H2,26,33). The van der Waals surface area contributed by atoms with Gasteiger partial charge in [-0.2, -0.15) is 0 Å². The van der Waals surface area contributed by atoms with Crippen molar-refractivity contribution in [3.63, 3.8) is 0 Å². The fraction of sp³-hybridized carbons (Fsp3) is 0.280. The Labute approximate surface area is 193 Å². The topological polar surface area (TPSA) is 171 Å². The van der Waals surface area contributed by atoms with Gasteiger partial charge in [0.1, 0.15) is 22.8 Å². The van der Waals surface area contributed by atoms with Gasteiger partial charge in [-0.3, -0.25) is 19.4 Å². The number of aliphatic hydroxyl groups is 3. The molecule has 3 atom stereocenters. The molecule has 3 aliphatic rings. The number of primary amides is 1. The van der Waals surface area contributed by atoms with Crippen LogP contribution in [0.4, 0.5) is 0 Å². The van der Waals surface area contributed by atoms with Crippen molar-refractivity contribution in [1.82, 2.24) is 4.98 Å². The Bertz CT molecular complexity index is 1370. The number of phenols is 1. The molecule has 1 aromatic heterocycles. The summed E-state index contributed by atoms with van der Waals surface area (Å²) in [6, 6.07) is 6.77. The highest BCUT2D eigenvalue weighted by atomic mass is 16.3. The third-order valence-electron chi connectivity index (χ3n) is 7.21. The van der Waals surface area contributed by atoms with Gasteiger partial charge in [-0.1, -0.05) is 6.07 Å². The number of phenolic OH excluding ortho intramolecular Hbond substituents is 1. The van der Waals surface area contributed by atoms with Crippen molar-refractivity contribution >= 4 is 23.2 Å². The largest absolute Gasteiger partial charge is 0.508 e. The van der Waals surface area contributed by atoms with Crippen LogP contribution in [0.15, 0.2) is 47.4 Å². The van der Waals surface area contributed by atoms with E-state index in [-0.39, 0.29) is 36.1 Å². The van der Waals surface area contributed by atoms with Crippen LogP contribution in [0.3, 0.4) is 0 Å². The number of aliphatic hydroxyl groups excluding tert-OH is 2. The SMILES string of the molecule is Cc1cccnc1-c1ccc(O)c2c1CC1CC3CC(=O)C(C(N)=O)=C(O)C3(O)C(=O)C1=C2O.